The molecule has 0 bridgehead atoms. The number of likely N-dealkylation sites (N-methyl/N-ethyl adjacent to an activating group) is 1. The molecule has 2 aliphatic heterocycles. The fourth-order valence-corrected chi connectivity index (χ4v) is 6.27. The lowest BCUT2D eigenvalue weighted by Crippen LogP contribution is -2.47. The number of piperidine rings is 1. The van der Waals surface area contributed by atoms with Crippen molar-refractivity contribution in [3.05, 3.63) is 47.3 Å². The zero-order chi connectivity index (χ0) is 28.8. The molecule has 4 heterocycles. The summed E-state index contributed by atoms with van der Waals surface area (Å²) in [5, 5.41) is 11.4. The molecule has 0 spiro atoms. The highest BCUT2D eigenvalue weighted by molar-refractivity contribution is 7.99. The molecule has 0 radical (unpaired) electrons. The van der Waals surface area contributed by atoms with Crippen molar-refractivity contribution in [1.82, 2.24) is 34.9 Å². The number of methoxy groups -OCH3 is 1. The molecule has 2 aliphatic rings. The Kier molecular flexibility index (Phi) is 9.92. The fourth-order valence-electron chi connectivity index (χ4n) is 5.51. The van der Waals surface area contributed by atoms with E-state index in [2.05, 4.69) is 37.3 Å². The molecule has 0 saturated carbocycles. The van der Waals surface area contributed by atoms with Crippen molar-refractivity contribution in [3.63, 3.8) is 0 Å². The smallest absolute Gasteiger partial charge is 0.194 e. The minimum absolute atomic E-state index is 0.156. The Hall–Kier alpha value is -2.99. The molecular formula is C30H42N8O2S. The van der Waals surface area contributed by atoms with Gasteiger partial charge in [-0.3, -0.25) is 14.8 Å². The van der Waals surface area contributed by atoms with Crippen LogP contribution in [0.4, 0.5) is 11.6 Å². The third-order valence-corrected chi connectivity index (χ3v) is 8.79. The van der Waals surface area contributed by atoms with Gasteiger partial charge in [0.1, 0.15) is 5.78 Å². The van der Waals surface area contributed by atoms with Crippen molar-refractivity contribution in [2.24, 2.45) is 0 Å². The number of hydrogen-bond acceptors (Lipinski definition) is 10. The summed E-state index contributed by atoms with van der Waals surface area (Å²) < 4.78 is 5.94. The average molecular weight is 579 g/mol. The van der Waals surface area contributed by atoms with Crippen LogP contribution in [0.1, 0.15) is 42.6 Å². The number of carbonyl (C=O) groups excluding carboxylic acids is 1. The first-order valence-corrected chi connectivity index (χ1v) is 15.3. The number of aromatic amines is 1. The van der Waals surface area contributed by atoms with Gasteiger partial charge in [0.15, 0.2) is 22.5 Å². The van der Waals surface area contributed by atoms with E-state index >= 15 is 0 Å². The van der Waals surface area contributed by atoms with Crippen molar-refractivity contribution < 1.29 is 9.53 Å². The molecule has 0 aliphatic carbocycles. The Balaban J connectivity index is 1.32. The van der Waals surface area contributed by atoms with Crippen LogP contribution in [0.25, 0.3) is 0 Å². The van der Waals surface area contributed by atoms with Gasteiger partial charge in [-0.05, 0) is 76.3 Å². The van der Waals surface area contributed by atoms with Crippen LogP contribution in [0.5, 0.6) is 5.75 Å². The van der Waals surface area contributed by atoms with Crippen LogP contribution in [-0.2, 0) is 11.2 Å². The van der Waals surface area contributed by atoms with E-state index in [1.165, 1.54) is 11.8 Å². The van der Waals surface area contributed by atoms with E-state index < -0.39 is 0 Å². The number of benzene rings is 1. The van der Waals surface area contributed by atoms with Crippen LogP contribution in [-0.4, -0.2) is 107 Å². The maximum absolute atomic E-state index is 11.5. The summed E-state index contributed by atoms with van der Waals surface area (Å²) >= 11 is 1.52. The number of piperazine rings is 1. The number of Topliss-reactive ketones (excluding diaryl/α,β-unsaturated/α-hetero) is 1. The second-order valence-electron chi connectivity index (χ2n) is 11.2. The number of nitrogens with zero attached hydrogens (tertiary/aromatic N) is 6. The number of aromatic nitrogens is 4. The largest absolute Gasteiger partial charge is 0.491 e. The third-order valence-electron chi connectivity index (χ3n) is 7.92. The van der Waals surface area contributed by atoms with Crippen molar-refractivity contribution in [2.45, 2.75) is 49.1 Å². The maximum atomic E-state index is 11.5. The quantitative estimate of drug-likeness (QED) is 0.325. The molecule has 2 aromatic heterocycles. The highest BCUT2D eigenvalue weighted by Crippen LogP contribution is 2.40. The molecule has 2 N–H and O–H groups in total. The molecule has 11 heteroatoms. The summed E-state index contributed by atoms with van der Waals surface area (Å²) in [5.41, 5.74) is 2.92. The summed E-state index contributed by atoms with van der Waals surface area (Å²) in [7, 11) is 3.89. The lowest BCUT2D eigenvalue weighted by atomic mass is 9.92. The highest BCUT2D eigenvalue weighted by atomic mass is 32.2. The first-order chi connectivity index (χ1) is 19.9. The number of H-pyrrole nitrogens is 1. The van der Waals surface area contributed by atoms with Crippen LogP contribution in [0.15, 0.2) is 40.4 Å². The van der Waals surface area contributed by atoms with Gasteiger partial charge in [0.2, 0.25) is 0 Å². The van der Waals surface area contributed by atoms with Crippen molar-refractivity contribution in [1.29, 1.82) is 0 Å². The minimum Gasteiger partial charge on any atom is -0.491 e. The van der Waals surface area contributed by atoms with E-state index in [1.807, 2.05) is 37.3 Å². The molecule has 41 heavy (non-hydrogen) atoms. The number of aryl methyl sites for hydroxylation is 1. The van der Waals surface area contributed by atoms with Gasteiger partial charge in [-0.25, -0.2) is 9.97 Å². The second-order valence-corrected chi connectivity index (χ2v) is 12.3. The highest BCUT2D eigenvalue weighted by Gasteiger charge is 2.28. The molecule has 0 unspecified atom stereocenters. The van der Waals surface area contributed by atoms with Gasteiger partial charge < -0.3 is 19.9 Å². The van der Waals surface area contributed by atoms with Crippen molar-refractivity contribution in [3.8, 4) is 5.75 Å². The summed E-state index contributed by atoms with van der Waals surface area (Å²) in [6.45, 7) is 12.6. The standard InChI is InChI=1S/C30H42N8O2S/c1-21-19-26(35-34-21)31-29-28(40-4)27(32-30(33-29)41-25-7-5-23(6-8-25)20-22(2)39)24-9-11-37(12-10-24)17-18-38-15-13-36(3)14-16-38/h5-8,19,24H,9-18,20H2,1-4H3,(H2,31,32,33,34,35). The van der Waals surface area contributed by atoms with Crippen LogP contribution in [0, 0.1) is 6.92 Å². The van der Waals surface area contributed by atoms with Crippen LogP contribution in [0.2, 0.25) is 0 Å². The lowest BCUT2D eigenvalue weighted by molar-refractivity contribution is -0.116. The average Bonchev–Trinajstić information content (AvgIpc) is 3.38. The van der Waals surface area contributed by atoms with E-state index in [-0.39, 0.29) is 11.7 Å². The van der Waals surface area contributed by atoms with Gasteiger partial charge >= 0.3 is 0 Å². The van der Waals surface area contributed by atoms with Crippen LogP contribution in [0.3, 0.4) is 0 Å². The molecule has 2 saturated heterocycles. The summed E-state index contributed by atoms with van der Waals surface area (Å²) in [6, 6.07) is 9.99. The first-order valence-electron chi connectivity index (χ1n) is 14.5. The third kappa shape index (κ3) is 8.06. The Morgan fingerprint density at radius 2 is 1.73 bits per heavy atom. The molecule has 1 aromatic carbocycles. The molecule has 220 valence electrons. The van der Waals surface area contributed by atoms with E-state index in [4.69, 9.17) is 14.7 Å². The number of ketones is 1. The normalized spacial score (nSPS) is 17.6. The van der Waals surface area contributed by atoms with Crippen LogP contribution < -0.4 is 10.1 Å². The van der Waals surface area contributed by atoms with Gasteiger partial charge in [0.25, 0.3) is 0 Å². The SMILES string of the molecule is COc1c(Nc2cc(C)[nH]n2)nc(Sc2ccc(CC(C)=O)cc2)nc1C1CCN(CCN2CCN(C)CC2)CC1. The van der Waals surface area contributed by atoms with Crippen molar-refractivity contribution in [2.75, 3.05) is 71.8 Å². The molecule has 0 atom stereocenters. The number of anilines is 2. The zero-order valence-corrected chi connectivity index (χ0v) is 25.5. The summed E-state index contributed by atoms with van der Waals surface area (Å²) in [4.78, 5) is 30.0. The summed E-state index contributed by atoms with van der Waals surface area (Å²) in [5.74, 6) is 2.43. The zero-order valence-electron chi connectivity index (χ0n) is 24.7. The summed E-state index contributed by atoms with van der Waals surface area (Å²) in [6.07, 6.45) is 2.50. The van der Waals surface area contributed by atoms with Gasteiger partial charge in [-0.2, -0.15) is 5.10 Å². The van der Waals surface area contributed by atoms with Gasteiger partial charge in [0.05, 0.1) is 12.8 Å². The Morgan fingerprint density at radius 3 is 2.34 bits per heavy atom. The van der Waals surface area contributed by atoms with E-state index in [1.54, 1.807) is 14.0 Å². The van der Waals surface area contributed by atoms with Crippen LogP contribution >= 0.6 is 11.8 Å². The number of likely N-dealkylation sites (tertiary alicyclic amines) is 1. The number of rotatable bonds is 11. The monoisotopic (exact) mass is 578 g/mol. The Morgan fingerprint density at radius 1 is 1.05 bits per heavy atom. The second kappa shape index (κ2) is 13.8. The van der Waals surface area contributed by atoms with E-state index in [0.29, 0.717) is 29.0 Å². The molecule has 3 aromatic rings. The molecule has 2 fully saturated rings. The maximum Gasteiger partial charge on any atom is 0.194 e. The predicted molar refractivity (Wildman–Crippen MR) is 162 cm³/mol. The Labute approximate surface area is 247 Å². The fraction of sp³-hybridized carbons (Fsp3) is 0.533. The first kappa shape index (κ1) is 29.5. The number of nitrogens with one attached hydrogen (secondary N) is 2. The molecule has 5 rings (SSSR count). The lowest BCUT2D eigenvalue weighted by Gasteiger charge is -2.36. The van der Waals surface area contributed by atoms with E-state index in [9.17, 15) is 4.79 Å². The Bertz CT molecular complexity index is 1300. The molecule has 10 nitrogen and oxygen atoms in total. The molecule has 0 amide bonds. The topological polar surface area (TPSA) is 103 Å². The number of carbonyl (C=O) groups is 1. The van der Waals surface area contributed by atoms with E-state index in [0.717, 1.165) is 87.0 Å². The minimum atomic E-state index is 0.156. The predicted octanol–water partition coefficient (Wildman–Crippen LogP) is 3.97. The van der Waals surface area contributed by atoms with Crippen molar-refractivity contribution >= 4 is 29.2 Å². The number of hydrogen-bond donors (Lipinski definition) is 2. The molecular weight excluding hydrogens is 536 g/mol. The van der Waals surface area contributed by atoms with Gasteiger partial charge in [-0.1, -0.05) is 12.1 Å². The van der Waals surface area contributed by atoms with Gasteiger partial charge in [-0.15, -0.1) is 0 Å². The number of ether oxygens (including phenoxy) is 1. The van der Waals surface area contributed by atoms with Gasteiger partial charge in [0, 0.05) is 68.3 Å².